The largest absolute Gasteiger partial charge is 0.496 e. The number of hydrogen-bond donors (Lipinski definition) is 1. The summed E-state index contributed by atoms with van der Waals surface area (Å²) in [6.07, 6.45) is 0. The third kappa shape index (κ3) is 3.78. The lowest BCUT2D eigenvalue weighted by Crippen LogP contribution is -2.05. The minimum atomic E-state index is 0.0450. The zero-order valence-electron chi connectivity index (χ0n) is 12.2. The molecule has 1 atom stereocenters. The Labute approximate surface area is 125 Å². The minimum absolute atomic E-state index is 0.0450. The number of nitrogens with two attached hydrogens (primary N) is 1. The van der Waals surface area contributed by atoms with Crippen LogP contribution >= 0.6 is 11.8 Å². The number of aryl methyl sites for hydroxylation is 1. The van der Waals surface area contributed by atoms with Gasteiger partial charge in [0.2, 0.25) is 0 Å². The summed E-state index contributed by atoms with van der Waals surface area (Å²) < 4.78 is 5.44. The molecule has 2 aromatic carbocycles. The molecule has 0 aliphatic rings. The van der Waals surface area contributed by atoms with E-state index >= 15 is 0 Å². The summed E-state index contributed by atoms with van der Waals surface area (Å²) in [5.41, 5.74) is 9.57. The van der Waals surface area contributed by atoms with Crippen LogP contribution in [0.15, 0.2) is 47.4 Å². The normalized spacial score (nSPS) is 12.2. The van der Waals surface area contributed by atoms with Gasteiger partial charge in [-0.15, -0.1) is 11.8 Å². The van der Waals surface area contributed by atoms with Crippen LogP contribution < -0.4 is 10.5 Å². The highest BCUT2D eigenvalue weighted by Gasteiger charge is 2.08. The molecule has 0 aliphatic heterocycles. The number of thioether (sulfide) groups is 1. The molecule has 0 radical (unpaired) electrons. The summed E-state index contributed by atoms with van der Waals surface area (Å²) in [4.78, 5) is 1.28. The van der Waals surface area contributed by atoms with Crippen molar-refractivity contribution in [3.63, 3.8) is 0 Å². The molecule has 0 aliphatic carbocycles. The van der Waals surface area contributed by atoms with Crippen molar-refractivity contribution in [2.75, 3.05) is 7.11 Å². The van der Waals surface area contributed by atoms with Crippen molar-refractivity contribution in [3.05, 3.63) is 59.2 Å². The van der Waals surface area contributed by atoms with Crippen LogP contribution in [0.25, 0.3) is 0 Å². The molecule has 0 spiro atoms. The smallest absolute Gasteiger partial charge is 0.122 e. The summed E-state index contributed by atoms with van der Waals surface area (Å²) in [6.45, 7) is 4.11. The molecule has 0 aromatic heterocycles. The van der Waals surface area contributed by atoms with E-state index in [0.29, 0.717) is 0 Å². The van der Waals surface area contributed by atoms with Crippen LogP contribution in [0.3, 0.4) is 0 Å². The second kappa shape index (κ2) is 6.82. The lowest BCUT2D eigenvalue weighted by Gasteiger charge is -2.12. The fraction of sp³-hybridized carbons (Fsp3) is 0.294. The van der Waals surface area contributed by atoms with Gasteiger partial charge in [-0.2, -0.15) is 0 Å². The van der Waals surface area contributed by atoms with Crippen molar-refractivity contribution < 1.29 is 4.74 Å². The van der Waals surface area contributed by atoms with E-state index in [1.807, 2.05) is 30.8 Å². The summed E-state index contributed by atoms with van der Waals surface area (Å²) in [7, 11) is 1.71. The highest BCUT2D eigenvalue weighted by atomic mass is 32.2. The van der Waals surface area contributed by atoms with Crippen LogP contribution in [0.4, 0.5) is 0 Å². The first-order valence-electron chi connectivity index (χ1n) is 6.72. The van der Waals surface area contributed by atoms with Crippen molar-refractivity contribution >= 4 is 11.8 Å². The van der Waals surface area contributed by atoms with Crippen molar-refractivity contribution in [1.82, 2.24) is 0 Å². The molecule has 0 fully saturated rings. The Morgan fingerprint density at radius 2 is 2.00 bits per heavy atom. The van der Waals surface area contributed by atoms with E-state index in [1.54, 1.807) is 7.11 Å². The third-order valence-electron chi connectivity index (χ3n) is 3.21. The Hall–Kier alpha value is -1.45. The van der Waals surface area contributed by atoms with E-state index in [-0.39, 0.29) is 6.04 Å². The van der Waals surface area contributed by atoms with Gasteiger partial charge in [0, 0.05) is 22.3 Å². The second-order valence-electron chi connectivity index (χ2n) is 4.97. The molecule has 2 N–H and O–H groups in total. The van der Waals surface area contributed by atoms with E-state index in [1.165, 1.54) is 16.0 Å². The van der Waals surface area contributed by atoms with Gasteiger partial charge in [0.15, 0.2) is 0 Å². The van der Waals surface area contributed by atoms with E-state index in [2.05, 4.69) is 37.3 Å². The third-order valence-corrected chi connectivity index (χ3v) is 4.26. The average Bonchev–Trinajstić information content (AvgIpc) is 2.44. The standard InChI is InChI=1S/C17H21NOS/c1-12-5-4-6-16(9-12)20-11-15-10-14(13(2)18)7-8-17(15)19-3/h4-10,13H,11,18H2,1-3H3. The number of methoxy groups -OCH3 is 1. The molecule has 1 unspecified atom stereocenters. The number of hydrogen-bond acceptors (Lipinski definition) is 3. The molecule has 2 nitrogen and oxygen atoms in total. The monoisotopic (exact) mass is 287 g/mol. The van der Waals surface area contributed by atoms with Crippen LogP contribution in [0.2, 0.25) is 0 Å². The number of benzene rings is 2. The Balaban J connectivity index is 2.17. The molecule has 106 valence electrons. The molecule has 2 aromatic rings. The lowest BCUT2D eigenvalue weighted by atomic mass is 10.1. The van der Waals surface area contributed by atoms with E-state index in [9.17, 15) is 0 Å². The van der Waals surface area contributed by atoms with Gasteiger partial charge < -0.3 is 10.5 Å². The van der Waals surface area contributed by atoms with Crippen molar-refractivity contribution in [2.45, 2.75) is 30.5 Å². The van der Waals surface area contributed by atoms with Crippen molar-refractivity contribution in [1.29, 1.82) is 0 Å². The molecule has 3 heteroatoms. The molecule has 0 saturated heterocycles. The zero-order chi connectivity index (χ0) is 14.5. The molecule has 0 amide bonds. The first-order chi connectivity index (χ1) is 9.60. The van der Waals surface area contributed by atoms with Gasteiger partial charge in [-0.25, -0.2) is 0 Å². The van der Waals surface area contributed by atoms with Gasteiger partial charge in [-0.1, -0.05) is 23.8 Å². The quantitative estimate of drug-likeness (QED) is 0.832. The molecule has 20 heavy (non-hydrogen) atoms. The Morgan fingerprint density at radius 3 is 2.65 bits per heavy atom. The average molecular weight is 287 g/mol. The summed E-state index contributed by atoms with van der Waals surface area (Å²) in [5.74, 6) is 1.81. The first-order valence-corrected chi connectivity index (χ1v) is 7.70. The lowest BCUT2D eigenvalue weighted by molar-refractivity contribution is 0.411. The fourth-order valence-corrected chi connectivity index (χ4v) is 3.05. The predicted octanol–water partition coefficient (Wildman–Crippen LogP) is 4.32. The highest BCUT2D eigenvalue weighted by Crippen LogP contribution is 2.30. The van der Waals surface area contributed by atoms with Gasteiger partial charge in [0.1, 0.15) is 5.75 Å². The topological polar surface area (TPSA) is 35.2 Å². The van der Waals surface area contributed by atoms with Crippen molar-refractivity contribution in [3.8, 4) is 5.75 Å². The molecule has 2 rings (SSSR count). The van der Waals surface area contributed by atoms with Gasteiger partial charge >= 0.3 is 0 Å². The Morgan fingerprint density at radius 1 is 1.20 bits per heavy atom. The van der Waals surface area contributed by atoms with E-state index in [0.717, 1.165) is 17.1 Å². The zero-order valence-corrected chi connectivity index (χ0v) is 13.0. The minimum Gasteiger partial charge on any atom is -0.496 e. The Bertz CT molecular complexity index is 581. The summed E-state index contributed by atoms with van der Waals surface area (Å²) >= 11 is 1.82. The molecule has 0 bridgehead atoms. The molecular weight excluding hydrogens is 266 g/mol. The Kier molecular flexibility index (Phi) is 5.10. The van der Waals surface area contributed by atoms with Crippen LogP contribution in [0.5, 0.6) is 5.75 Å². The van der Waals surface area contributed by atoms with Gasteiger partial charge in [-0.05, 0) is 43.7 Å². The maximum absolute atomic E-state index is 5.95. The van der Waals surface area contributed by atoms with Crippen LogP contribution in [0, 0.1) is 6.92 Å². The number of rotatable bonds is 5. The molecule has 0 heterocycles. The number of ether oxygens (including phenoxy) is 1. The van der Waals surface area contributed by atoms with Gasteiger partial charge in [0.05, 0.1) is 7.11 Å². The van der Waals surface area contributed by atoms with Crippen LogP contribution in [0.1, 0.15) is 29.7 Å². The molecular formula is C17H21NOS. The second-order valence-corrected chi connectivity index (χ2v) is 6.01. The molecule has 0 saturated carbocycles. The SMILES string of the molecule is COc1ccc(C(C)N)cc1CSc1cccc(C)c1. The maximum atomic E-state index is 5.95. The first kappa shape index (κ1) is 14.9. The van der Waals surface area contributed by atoms with Crippen molar-refractivity contribution in [2.24, 2.45) is 5.73 Å². The van der Waals surface area contributed by atoms with Crippen LogP contribution in [-0.2, 0) is 5.75 Å². The summed E-state index contributed by atoms with van der Waals surface area (Å²) in [5, 5.41) is 0. The van der Waals surface area contributed by atoms with E-state index < -0.39 is 0 Å². The maximum Gasteiger partial charge on any atom is 0.122 e. The van der Waals surface area contributed by atoms with Crippen LogP contribution in [-0.4, -0.2) is 7.11 Å². The summed E-state index contributed by atoms with van der Waals surface area (Å²) in [6, 6.07) is 14.8. The predicted molar refractivity (Wildman–Crippen MR) is 86.3 cm³/mol. The van der Waals surface area contributed by atoms with E-state index in [4.69, 9.17) is 10.5 Å². The highest BCUT2D eigenvalue weighted by molar-refractivity contribution is 7.98. The fourth-order valence-electron chi connectivity index (χ4n) is 2.06. The van der Waals surface area contributed by atoms with Gasteiger partial charge in [-0.3, -0.25) is 0 Å². The van der Waals surface area contributed by atoms with Gasteiger partial charge in [0.25, 0.3) is 0 Å².